The van der Waals surface area contributed by atoms with E-state index in [4.69, 9.17) is 5.73 Å². The topological polar surface area (TPSA) is 59.2 Å². The molecule has 2 unspecified atom stereocenters. The van der Waals surface area contributed by atoms with Crippen LogP contribution in [0.2, 0.25) is 0 Å². The molecule has 2 atom stereocenters. The summed E-state index contributed by atoms with van der Waals surface area (Å²) in [5.74, 6) is 0.595. The molecule has 0 aromatic carbocycles. The van der Waals surface area contributed by atoms with Crippen molar-refractivity contribution in [2.45, 2.75) is 45.1 Å². The van der Waals surface area contributed by atoms with Gasteiger partial charge < -0.3 is 10.6 Å². The molecule has 18 heavy (non-hydrogen) atoms. The Balaban J connectivity index is 1.98. The van der Waals surface area contributed by atoms with Crippen LogP contribution in [0.25, 0.3) is 0 Å². The molecular weight excluding hydrogens is 246 g/mol. The summed E-state index contributed by atoms with van der Waals surface area (Å²) in [7, 11) is 0. The van der Waals surface area contributed by atoms with Crippen LogP contribution in [-0.2, 0) is 4.79 Å². The maximum Gasteiger partial charge on any atom is 0.224 e. The number of nitrogens with zero attached hydrogens (tertiary/aromatic N) is 2. The molecule has 100 valence electrons. The van der Waals surface area contributed by atoms with Crippen LogP contribution < -0.4 is 5.73 Å². The zero-order chi connectivity index (χ0) is 13.1. The predicted molar refractivity (Wildman–Crippen MR) is 73.7 cm³/mol. The van der Waals surface area contributed by atoms with Gasteiger partial charge in [0.1, 0.15) is 0 Å². The molecule has 1 aliphatic rings. The second-order valence-corrected chi connectivity index (χ2v) is 6.08. The highest BCUT2D eigenvalue weighted by atomic mass is 32.1. The second kappa shape index (κ2) is 5.80. The summed E-state index contributed by atoms with van der Waals surface area (Å²) in [6, 6.07) is -0.0556. The summed E-state index contributed by atoms with van der Waals surface area (Å²) in [5, 5.41) is 3.25. The predicted octanol–water partition coefficient (Wildman–Crippen LogP) is 1.89. The van der Waals surface area contributed by atoms with E-state index in [-0.39, 0.29) is 11.9 Å². The van der Waals surface area contributed by atoms with E-state index in [0.717, 1.165) is 31.6 Å². The third-order valence-electron chi connectivity index (χ3n) is 3.26. The Kier molecular flexibility index (Phi) is 4.35. The highest BCUT2D eigenvalue weighted by molar-refractivity contribution is 7.09. The number of piperidine rings is 1. The van der Waals surface area contributed by atoms with Gasteiger partial charge >= 0.3 is 0 Å². The Morgan fingerprint density at radius 2 is 2.50 bits per heavy atom. The molecule has 1 amide bonds. The van der Waals surface area contributed by atoms with E-state index in [0.29, 0.717) is 12.3 Å². The van der Waals surface area contributed by atoms with Crippen molar-refractivity contribution in [3.8, 4) is 0 Å². The molecular formula is C13H21N3OS. The van der Waals surface area contributed by atoms with Gasteiger partial charge in [-0.1, -0.05) is 0 Å². The maximum absolute atomic E-state index is 12.0. The van der Waals surface area contributed by atoms with E-state index in [1.54, 1.807) is 11.3 Å². The maximum atomic E-state index is 12.0. The van der Waals surface area contributed by atoms with Gasteiger partial charge in [0.2, 0.25) is 5.91 Å². The fourth-order valence-electron chi connectivity index (χ4n) is 2.37. The molecule has 0 aliphatic carbocycles. The smallest absolute Gasteiger partial charge is 0.224 e. The molecule has 1 fully saturated rings. The van der Waals surface area contributed by atoms with E-state index >= 15 is 0 Å². The number of likely N-dealkylation sites (tertiary alicyclic amines) is 1. The van der Waals surface area contributed by atoms with E-state index in [1.807, 2.05) is 18.7 Å². The lowest BCUT2D eigenvalue weighted by Crippen LogP contribution is -2.41. The summed E-state index contributed by atoms with van der Waals surface area (Å²) in [4.78, 5) is 18.5. The van der Waals surface area contributed by atoms with E-state index < -0.39 is 0 Å². The molecule has 0 spiro atoms. The third kappa shape index (κ3) is 3.29. The first kappa shape index (κ1) is 13.5. The molecule has 1 aromatic heterocycles. The van der Waals surface area contributed by atoms with Crippen molar-refractivity contribution in [1.29, 1.82) is 0 Å². The van der Waals surface area contributed by atoms with Gasteiger partial charge in [0, 0.05) is 42.5 Å². The highest BCUT2D eigenvalue weighted by Crippen LogP contribution is 2.29. The van der Waals surface area contributed by atoms with E-state index in [2.05, 4.69) is 10.4 Å². The van der Waals surface area contributed by atoms with Gasteiger partial charge in [0.05, 0.1) is 5.01 Å². The van der Waals surface area contributed by atoms with Gasteiger partial charge in [-0.15, -0.1) is 11.3 Å². The van der Waals surface area contributed by atoms with E-state index in [9.17, 15) is 4.79 Å². The lowest BCUT2D eigenvalue weighted by atomic mass is 9.98. The fourth-order valence-corrected chi connectivity index (χ4v) is 3.29. The van der Waals surface area contributed by atoms with Crippen LogP contribution in [0, 0.1) is 6.92 Å². The molecule has 2 rings (SSSR count). The van der Waals surface area contributed by atoms with Crippen molar-refractivity contribution >= 4 is 17.2 Å². The Morgan fingerprint density at radius 1 is 1.72 bits per heavy atom. The standard InChI is InChI=1S/C13H21N3OS/c1-9(14)6-12(17)16-5-3-4-11(7-16)13-15-10(2)8-18-13/h8-9,11H,3-7,14H2,1-2H3. The number of aromatic nitrogens is 1. The normalized spacial score (nSPS) is 21.9. The van der Waals surface area contributed by atoms with Gasteiger partial charge in [0.15, 0.2) is 0 Å². The minimum atomic E-state index is -0.0556. The van der Waals surface area contributed by atoms with E-state index in [1.165, 1.54) is 5.01 Å². The first-order valence-corrected chi connectivity index (χ1v) is 7.39. The molecule has 0 saturated carbocycles. The average Bonchev–Trinajstić information content (AvgIpc) is 2.75. The minimum Gasteiger partial charge on any atom is -0.342 e. The summed E-state index contributed by atoms with van der Waals surface area (Å²) >= 11 is 1.71. The molecule has 1 aromatic rings. The van der Waals surface area contributed by atoms with Crippen LogP contribution in [-0.4, -0.2) is 34.9 Å². The minimum absolute atomic E-state index is 0.0556. The Morgan fingerprint density at radius 3 is 3.11 bits per heavy atom. The van der Waals surface area contributed by atoms with Gasteiger partial charge in [-0.2, -0.15) is 0 Å². The van der Waals surface area contributed by atoms with Gasteiger partial charge in [-0.3, -0.25) is 4.79 Å². The van der Waals surface area contributed by atoms with Crippen molar-refractivity contribution in [3.05, 3.63) is 16.1 Å². The zero-order valence-corrected chi connectivity index (χ0v) is 11.9. The van der Waals surface area contributed by atoms with Crippen LogP contribution in [0.15, 0.2) is 5.38 Å². The molecule has 0 bridgehead atoms. The van der Waals surface area contributed by atoms with Crippen molar-refractivity contribution in [2.75, 3.05) is 13.1 Å². The largest absolute Gasteiger partial charge is 0.342 e. The number of thiazole rings is 1. The number of aryl methyl sites for hydroxylation is 1. The Hall–Kier alpha value is -0.940. The molecule has 2 N–H and O–H groups in total. The molecule has 4 nitrogen and oxygen atoms in total. The number of rotatable bonds is 3. The van der Waals surface area contributed by atoms with Crippen molar-refractivity contribution in [2.24, 2.45) is 5.73 Å². The monoisotopic (exact) mass is 267 g/mol. The molecule has 1 aliphatic heterocycles. The van der Waals surface area contributed by atoms with Crippen LogP contribution in [0.5, 0.6) is 0 Å². The molecule has 5 heteroatoms. The molecule has 0 radical (unpaired) electrons. The summed E-state index contributed by atoms with van der Waals surface area (Å²) in [6.07, 6.45) is 2.65. The number of nitrogens with two attached hydrogens (primary N) is 1. The first-order chi connectivity index (χ1) is 8.56. The number of carbonyl (C=O) groups is 1. The van der Waals surface area contributed by atoms with Crippen LogP contribution >= 0.6 is 11.3 Å². The second-order valence-electron chi connectivity index (χ2n) is 5.19. The average molecular weight is 267 g/mol. The number of carbonyl (C=O) groups excluding carboxylic acids is 1. The summed E-state index contributed by atoms with van der Waals surface area (Å²) in [6.45, 7) is 5.57. The van der Waals surface area contributed by atoms with Crippen molar-refractivity contribution < 1.29 is 4.79 Å². The van der Waals surface area contributed by atoms with Crippen molar-refractivity contribution in [1.82, 2.24) is 9.88 Å². The van der Waals surface area contributed by atoms with Gasteiger partial charge in [0.25, 0.3) is 0 Å². The Labute approximate surface area is 112 Å². The highest BCUT2D eigenvalue weighted by Gasteiger charge is 2.26. The third-order valence-corrected chi connectivity index (χ3v) is 4.38. The summed E-state index contributed by atoms with van der Waals surface area (Å²) in [5.41, 5.74) is 6.77. The SMILES string of the molecule is Cc1csc(C2CCCN(C(=O)CC(C)N)C2)n1. The van der Waals surface area contributed by atoms with Crippen LogP contribution in [0.4, 0.5) is 0 Å². The number of amides is 1. The lowest BCUT2D eigenvalue weighted by molar-refractivity contribution is -0.132. The number of hydrogen-bond acceptors (Lipinski definition) is 4. The lowest BCUT2D eigenvalue weighted by Gasteiger charge is -2.32. The van der Waals surface area contributed by atoms with Crippen LogP contribution in [0.3, 0.4) is 0 Å². The summed E-state index contributed by atoms with van der Waals surface area (Å²) < 4.78 is 0. The fraction of sp³-hybridized carbons (Fsp3) is 0.692. The van der Waals surface area contributed by atoms with Gasteiger partial charge in [-0.25, -0.2) is 4.98 Å². The first-order valence-electron chi connectivity index (χ1n) is 6.51. The van der Waals surface area contributed by atoms with Crippen molar-refractivity contribution in [3.63, 3.8) is 0 Å². The number of hydrogen-bond donors (Lipinski definition) is 1. The van der Waals surface area contributed by atoms with Gasteiger partial charge in [-0.05, 0) is 26.7 Å². The molecule has 2 heterocycles. The van der Waals surface area contributed by atoms with Crippen LogP contribution in [0.1, 0.15) is 42.8 Å². The zero-order valence-electron chi connectivity index (χ0n) is 11.1. The quantitative estimate of drug-likeness (QED) is 0.910. The molecule has 1 saturated heterocycles. The Bertz CT molecular complexity index is 416.